The first-order chi connectivity index (χ1) is 14.0. The van der Waals surface area contributed by atoms with Gasteiger partial charge in [-0.2, -0.15) is 5.26 Å². The van der Waals surface area contributed by atoms with E-state index in [-0.39, 0.29) is 36.7 Å². The lowest BCUT2D eigenvalue weighted by molar-refractivity contribution is -0.385. The third-order valence-electron chi connectivity index (χ3n) is 3.93. The van der Waals surface area contributed by atoms with Gasteiger partial charge in [-0.25, -0.2) is 4.79 Å². The Morgan fingerprint density at radius 1 is 1.17 bits per heavy atom. The van der Waals surface area contributed by atoms with Crippen molar-refractivity contribution in [3.63, 3.8) is 0 Å². The number of anilines is 1. The summed E-state index contributed by atoms with van der Waals surface area (Å²) in [6.45, 7) is -0.148. The molecule has 1 amide bonds. The molecule has 2 aromatic carbocycles. The number of nitro benzene ring substituents is 1. The van der Waals surface area contributed by atoms with Crippen LogP contribution in [0.5, 0.6) is 11.5 Å². The van der Waals surface area contributed by atoms with Gasteiger partial charge >= 0.3 is 5.97 Å². The number of nitro groups is 1. The summed E-state index contributed by atoms with van der Waals surface area (Å²) < 4.78 is 15.5. The minimum Gasteiger partial charge on any atom is -0.486 e. The molecule has 148 valence electrons. The SMILES string of the molecule is N#CCc1ccc(NC(=O)COC(=O)c2cc3c(cc2[N+](=O)[O-])OCCO3)cc1. The van der Waals surface area contributed by atoms with Gasteiger partial charge in [0.25, 0.3) is 11.6 Å². The summed E-state index contributed by atoms with van der Waals surface area (Å²) in [7, 11) is 0. The van der Waals surface area contributed by atoms with Crippen molar-refractivity contribution in [3.05, 3.63) is 57.6 Å². The number of nitrogens with one attached hydrogen (secondary N) is 1. The van der Waals surface area contributed by atoms with E-state index in [1.165, 1.54) is 6.07 Å². The molecular weight excluding hydrogens is 382 g/mol. The zero-order valence-electron chi connectivity index (χ0n) is 15.0. The number of rotatable bonds is 6. The fraction of sp³-hybridized carbons (Fsp3) is 0.211. The standard InChI is InChI=1S/C19H15N3O7/c20-6-5-12-1-3-13(4-2-12)21-18(23)11-29-19(24)14-9-16-17(28-8-7-27-16)10-15(14)22(25)26/h1-4,9-10H,5,7-8,11H2,(H,21,23). The predicted octanol–water partition coefficient (Wildman–Crippen LogP) is 2.23. The van der Waals surface area contributed by atoms with Crippen LogP contribution in [0.25, 0.3) is 0 Å². The van der Waals surface area contributed by atoms with E-state index < -0.39 is 29.1 Å². The van der Waals surface area contributed by atoms with Gasteiger partial charge < -0.3 is 19.5 Å². The molecule has 0 spiro atoms. The number of fused-ring (bicyclic) bond motifs is 1. The van der Waals surface area contributed by atoms with Crippen molar-refractivity contribution in [2.45, 2.75) is 6.42 Å². The molecule has 0 unspecified atom stereocenters. The smallest absolute Gasteiger partial charge is 0.345 e. The monoisotopic (exact) mass is 397 g/mol. The van der Waals surface area contributed by atoms with Crippen LogP contribution in [0.15, 0.2) is 36.4 Å². The zero-order chi connectivity index (χ0) is 20.8. The third-order valence-corrected chi connectivity index (χ3v) is 3.93. The molecule has 0 atom stereocenters. The summed E-state index contributed by atoms with van der Waals surface area (Å²) in [5.41, 5.74) is 0.404. The molecule has 3 rings (SSSR count). The highest BCUT2D eigenvalue weighted by molar-refractivity contribution is 5.98. The lowest BCUT2D eigenvalue weighted by Gasteiger charge is -2.18. The van der Waals surface area contributed by atoms with Crippen molar-refractivity contribution in [2.24, 2.45) is 0 Å². The molecule has 0 fully saturated rings. The lowest BCUT2D eigenvalue weighted by atomic mass is 10.1. The summed E-state index contributed by atoms with van der Waals surface area (Å²) in [5.74, 6) is -1.30. The third kappa shape index (κ3) is 4.78. The fourth-order valence-electron chi connectivity index (χ4n) is 2.60. The van der Waals surface area contributed by atoms with Crippen LogP contribution >= 0.6 is 0 Å². The van der Waals surface area contributed by atoms with Crippen LogP contribution in [0.1, 0.15) is 15.9 Å². The van der Waals surface area contributed by atoms with Crippen molar-refractivity contribution < 1.29 is 28.7 Å². The van der Waals surface area contributed by atoms with Crippen LogP contribution in [0.3, 0.4) is 0 Å². The molecule has 1 heterocycles. The van der Waals surface area contributed by atoms with Gasteiger partial charge in [0.1, 0.15) is 18.8 Å². The minimum atomic E-state index is -1.03. The zero-order valence-corrected chi connectivity index (χ0v) is 15.0. The maximum absolute atomic E-state index is 12.3. The Labute approximate surface area is 164 Å². The number of esters is 1. The molecule has 29 heavy (non-hydrogen) atoms. The first kappa shape index (κ1) is 19.6. The summed E-state index contributed by atoms with van der Waals surface area (Å²) in [6.07, 6.45) is 0.250. The van der Waals surface area contributed by atoms with Gasteiger partial charge in [-0.1, -0.05) is 12.1 Å². The second-order valence-corrected chi connectivity index (χ2v) is 5.93. The molecule has 0 radical (unpaired) electrons. The Morgan fingerprint density at radius 3 is 2.45 bits per heavy atom. The van der Waals surface area contributed by atoms with E-state index in [1.807, 2.05) is 6.07 Å². The summed E-state index contributed by atoms with van der Waals surface area (Å²) in [4.78, 5) is 34.8. The van der Waals surface area contributed by atoms with Gasteiger partial charge in [0, 0.05) is 11.8 Å². The molecule has 0 bridgehead atoms. The van der Waals surface area contributed by atoms with Crippen LogP contribution in [0.2, 0.25) is 0 Å². The lowest BCUT2D eigenvalue weighted by Crippen LogP contribution is -2.22. The van der Waals surface area contributed by atoms with Crippen molar-refractivity contribution in [1.82, 2.24) is 0 Å². The number of carbonyl (C=O) groups excluding carboxylic acids is 2. The highest BCUT2D eigenvalue weighted by Gasteiger charge is 2.27. The highest BCUT2D eigenvalue weighted by atomic mass is 16.6. The van der Waals surface area contributed by atoms with E-state index in [9.17, 15) is 19.7 Å². The molecule has 1 aliphatic rings. The van der Waals surface area contributed by atoms with Crippen molar-refractivity contribution in [3.8, 4) is 17.6 Å². The van der Waals surface area contributed by atoms with Crippen molar-refractivity contribution >= 4 is 23.3 Å². The van der Waals surface area contributed by atoms with Gasteiger partial charge in [0.2, 0.25) is 0 Å². The maximum atomic E-state index is 12.3. The van der Waals surface area contributed by atoms with E-state index >= 15 is 0 Å². The van der Waals surface area contributed by atoms with Crippen molar-refractivity contribution in [2.75, 3.05) is 25.1 Å². The van der Waals surface area contributed by atoms with Crippen LogP contribution in [0.4, 0.5) is 11.4 Å². The van der Waals surface area contributed by atoms with E-state index in [1.54, 1.807) is 24.3 Å². The number of carbonyl (C=O) groups is 2. The molecule has 0 saturated heterocycles. The minimum absolute atomic E-state index is 0.164. The molecule has 0 aromatic heterocycles. The van der Waals surface area contributed by atoms with Crippen LogP contribution < -0.4 is 14.8 Å². The average molecular weight is 397 g/mol. The second-order valence-electron chi connectivity index (χ2n) is 5.93. The highest BCUT2D eigenvalue weighted by Crippen LogP contribution is 2.36. The van der Waals surface area contributed by atoms with Gasteiger partial charge in [-0.3, -0.25) is 14.9 Å². The number of nitrogens with zero attached hydrogens (tertiary/aromatic N) is 2. The van der Waals surface area contributed by atoms with Gasteiger partial charge in [0.15, 0.2) is 18.1 Å². The van der Waals surface area contributed by atoms with E-state index in [2.05, 4.69) is 5.32 Å². The number of hydrogen-bond acceptors (Lipinski definition) is 8. The van der Waals surface area contributed by atoms with E-state index in [0.29, 0.717) is 5.69 Å². The van der Waals surface area contributed by atoms with Gasteiger partial charge in [-0.15, -0.1) is 0 Å². The van der Waals surface area contributed by atoms with Gasteiger partial charge in [0.05, 0.1) is 23.5 Å². The fourth-order valence-corrected chi connectivity index (χ4v) is 2.60. The molecular formula is C19H15N3O7. The Morgan fingerprint density at radius 2 is 1.83 bits per heavy atom. The second kappa shape index (κ2) is 8.71. The molecule has 10 nitrogen and oxygen atoms in total. The van der Waals surface area contributed by atoms with Crippen LogP contribution in [-0.4, -0.2) is 36.6 Å². The van der Waals surface area contributed by atoms with Crippen molar-refractivity contribution in [1.29, 1.82) is 5.26 Å². The largest absolute Gasteiger partial charge is 0.486 e. The molecule has 2 aromatic rings. The molecule has 10 heteroatoms. The number of nitriles is 1. The number of ether oxygens (including phenoxy) is 3. The Balaban J connectivity index is 1.65. The summed E-state index contributed by atoms with van der Waals surface area (Å²) in [6, 6.07) is 10.9. The number of amides is 1. The predicted molar refractivity (Wildman–Crippen MR) is 98.8 cm³/mol. The number of hydrogen-bond donors (Lipinski definition) is 1. The van der Waals surface area contributed by atoms with E-state index in [4.69, 9.17) is 19.5 Å². The molecule has 0 aliphatic carbocycles. The van der Waals surface area contributed by atoms with Gasteiger partial charge in [-0.05, 0) is 17.7 Å². The number of benzene rings is 2. The van der Waals surface area contributed by atoms with Crippen LogP contribution in [0, 0.1) is 21.4 Å². The summed E-state index contributed by atoms with van der Waals surface area (Å²) >= 11 is 0. The first-order valence-corrected chi connectivity index (χ1v) is 8.49. The molecule has 0 saturated carbocycles. The average Bonchev–Trinajstić information content (AvgIpc) is 2.72. The Kier molecular flexibility index (Phi) is 5.89. The molecule has 1 N–H and O–H groups in total. The maximum Gasteiger partial charge on any atom is 0.345 e. The van der Waals surface area contributed by atoms with Crippen LogP contribution in [-0.2, 0) is 16.0 Å². The van der Waals surface area contributed by atoms with E-state index in [0.717, 1.165) is 11.6 Å². The topological polar surface area (TPSA) is 141 Å². The summed E-state index contributed by atoms with van der Waals surface area (Å²) in [5, 5.41) is 22.4. The Bertz CT molecular complexity index is 996. The Hall–Kier alpha value is -4.13. The first-order valence-electron chi connectivity index (χ1n) is 8.49. The quantitative estimate of drug-likeness (QED) is 0.444. The molecule has 1 aliphatic heterocycles. The normalized spacial score (nSPS) is 11.8.